The van der Waals surface area contributed by atoms with Crippen LogP contribution in [0, 0.1) is 5.92 Å². The van der Waals surface area contributed by atoms with Crippen molar-refractivity contribution in [3.05, 3.63) is 5.82 Å². The van der Waals surface area contributed by atoms with E-state index in [1.54, 1.807) is 18.5 Å². The first kappa shape index (κ1) is 18.8. The number of carbonyl (C=O) groups is 2. The van der Waals surface area contributed by atoms with Gasteiger partial charge in [0.1, 0.15) is 12.2 Å². The monoisotopic (exact) mass is 354 g/mol. The van der Waals surface area contributed by atoms with E-state index in [9.17, 15) is 9.59 Å². The number of nitrogens with zero attached hydrogens (tertiary/aromatic N) is 3. The van der Waals surface area contributed by atoms with Crippen molar-refractivity contribution in [1.82, 2.24) is 20.1 Å². The molecule has 1 aromatic heterocycles. The Morgan fingerprint density at radius 2 is 2.08 bits per heavy atom. The van der Waals surface area contributed by atoms with E-state index in [0.717, 1.165) is 6.42 Å². The van der Waals surface area contributed by atoms with Crippen LogP contribution in [0.15, 0.2) is 5.16 Å². The van der Waals surface area contributed by atoms with Crippen molar-refractivity contribution in [3.8, 4) is 0 Å². The van der Waals surface area contributed by atoms with Gasteiger partial charge in [-0.25, -0.2) is 0 Å². The fourth-order valence-corrected chi connectivity index (χ4v) is 3.62. The third-order valence-corrected chi connectivity index (χ3v) is 5.34. The molecule has 1 aliphatic carbocycles. The molecule has 7 nitrogen and oxygen atoms in total. The van der Waals surface area contributed by atoms with Crippen LogP contribution in [0.25, 0.3) is 0 Å². The number of hydrogen-bond acceptors (Lipinski definition) is 6. The molecular weight excluding hydrogens is 328 g/mol. The third-order valence-electron chi connectivity index (χ3n) is 4.32. The highest BCUT2D eigenvalue weighted by Gasteiger charge is 2.23. The van der Waals surface area contributed by atoms with Crippen LogP contribution in [0.5, 0.6) is 0 Å². The average molecular weight is 354 g/mol. The van der Waals surface area contributed by atoms with Gasteiger partial charge in [0.15, 0.2) is 5.16 Å². The van der Waals surface area contributed by atoms with Crippen LogP contribution in [0.3, 0.4) is 0 Å². The van der Waals surface area contributed by atoms with Crippen molar-refractivity contribution in [2.45, 2.75) is 57.1 Å². The van der Waals surface area contributed by atoms with Crippen LogP contribution in [0.1, 0.15) is 45.4 Å². The minimum absolute atomic E-state index is 0.0219. The van der Waals surface area contributed by atoms with Gasteiger partial charge in [-0.2, -0.15) is 0 Å². The van der Waals surface area contributed by atoms with Gasteiger partial charge < -0.3 is 14.6 Å². The highest BCUT2D eigenvalue weighted by atomic mass is 32.2. The van der Waals surface area contributed by atoms with E-state index < -0.39 is 0 Å². The first-order valence-electron chi connectivity index (χ1n) is 8.47. The van der Waals surface area contributed by atoms with Crippen molar-refractivity contribution >= 4 is 23.6 Å². The van der Waals surface area contributed by atoms with Crippen molar-refractivity contribution < 1.29 is 14.3 Å². The Kier molecular flexibility index (Phi) is 7.08. The Morgan fingerprint density at radius 3 is 2.79 bits per heavy atom. The molecule has 0 aliphatic heterocycles. The molecule has 1 N–H and O–H groups in total. The molecule has 2 atom stereocenters. The Labute approximate surface area is 146 Å². The topological polar surface area (TPSA) is 86.1 Å². The molecule has 1 heterocycles. The summed E-state index contributed by atoms with van der Waals surface area (Å²) in [4.78, 5) is 23.7. The number of hydrogen-bond donors (Lipinski definition) is 1. The lowest BCUT2D eigenvalue weighted by Gasteiger charge is -2.29. The predicted molar refractivity (Wildman–Crippen MR) is 91.6 cm³/mol. The second-order valence-corrected chi connectivity index (χ2v) is 7.11. The maximum Gasteiger partial charge on any atom is 0.313 e. The van der Waals surface area contributed by atoms with E-state index in [1.165, 1.54) is 31.0 Å². The van der Waals surface area contributed by atoms with E-state index >= 15 is 0 Å². The van der Waals surface area contributed by atoms with E-state index in [-0.39, 0.29) is 24.3 Å². The lowest BCUT2D eigenvalue weighted by atomic mass is 9.86. The molecule has 0 bridgehead atoms. The summed E-state index contributed by atoms with van der Waals surface area (Å²) in [7, 11) is 1.79. The maximum absolute atomic E-state index is 12.1. The maximum atomic E-state index is 12.1. The molecule has 24 heavy (non-hydrogen) atoms. The number of thioether (sulfide) groups is 1. The van der Waals surface area contributed by atoms with Gasteiger partial charge in [0.05, 0.1) is 12.4 Å². The number of amides is 1. The molecular formula is C16H26N4O3S. The molecule has 134 valence electrons. The molecule has 0 saturated heterocycles. The Bertz CT molecular complexity index is 576. The van der Waals surface area contributed by atoms with E-state index in [4.69, 9.17) is 4.74 Å². The van der Waals surface area contributed by atoms with Crippen LogP contribution in [-0.4, -0.2) is 45.0 Å². The van der Waals surface area contributed by atoms with Crippen molar-refractivity contribution in [2.75, 3.05) is 12.4 Å². The minimum Gasteiger partial charge on any atom is -0.466 e. The van der Waals surface area contributed by atoms with E-state index in [2.05, 4.69) is 22.4 Å². The average Bonchev–Trinajstić information content (AvgIpc) is 2.88. The van der Waals surface area contributed by atoms with Crippen LogP contribution in [-0.2, 0) is 27.8 Å². The SMILES string of the molecule is CCOC(=O)Cc1nnc(SCC(=O)N[C@@H]2CCCC[C@H]2C)n1C. The van der Waals surface area contributed by atoms with Crippen LogP contribution in [0.2, 0.25) is 0 Å². The number of rotatable bonds is 7. The summed E-state index contributed by atoms with van der Waals surface area (Å²) in [5.74, 6) is 1.08. The van der Waals surface area contributed by atoms with Gasteiger partial charge >= 0.3 is 5.97 Å². The molecule has 1 aliphatic rings. The number of aromatic nitrogens is 3. The van der Waals surface area contributed by atoms with Crippen molar-refractivity contribution in [1.29, 1.82) is 0 Å². The predicted octanol–water partition coefficient (Wildman–Crippen LogP) is 1.71. The second kappa shape index (κ2) is 9.05. The summed E-state index contributed by atoms with van der Waals surface area (Å²) in [5, 5.41) is 11.8. The normalized spacial score (nSPS) is 20.6. The molecule has 1 fully saturated rings. The van der Waals surface area contributed by atoms with Gasteiger partial charge in [0.25, 0.3) is 0 Å². The lowest BCUT2D eigenvalue weighted by Crippen LogP contribution is -2.41. The first-order chi connectivity index (χ1) is 11.5. The summed E-state index contributed by atoms with van der Waals surface area (Å²) in [6.45, 7) is 4.31. The van der Waals surface area contributed by atoms with Gasteiger partial charge in [-0.1, -0.05) is 31.5 Å². The molecule has 8 heteroatoms. The number of esters is 1. The first-order valence-corrected chi connectivity index (χ1v) is 9.45. The Balaban J connectivity index is 1.82. The van der Waals surface area contributed by atoms with Crippen molar-refractivity contribution in [3.63, 3.8) is 0 Å². The van der Waals surface area contributed by atoms with E-state index in [1.807, 2.05) is 0 Å². The van der Waals surface area contributed by atoms with Gasteiger partial charge in [0, 0.05) is 13.1 Å². The number of nitrogens with one attached hydrogen (secondary N) is 1. The fourth-order valence-electron chi connectivity index (χ4n) is 2.88. The second-order valence-electron chi connectivity index (χ2n) is 6.16. The largest absolute Gasteiger partial charge is 0.466 e. The number of ether oxygens (including phenoxy) is 1. The zero-order chi connectivity index (χ0) is 17.5. The lowest BCUT2D eigenvalue weighted by molar-refractivity contribution is -0.142. The molecule has 0 spiro atoms. The number of carbonyl (C=O) groups excluding carboxylic acids is 2. The van der Waals surface area contributed by atoms with Crippen LogP contribution < -0.4 is 5.32 Å². The van der Waals surface area contributed by atoms with Gasteiger partial charge in [0.2, 0.25) is 5.91 Å². The summed E-state index contributed by atoms with van der Waals surface area (Å²) in [5.41, 5.74) is 0. The van der Waals surface area contributed by atoms with Gasteiger partial charge in [-0.15, -0.1) is 10.2 Å². The smallest absolute Gasteiger partial charge is 0.313 e. The van der Waals surface area contributed by atoms with Crippen LogP contribution in [0.4, 0.5) is 0 Å². The molecule has 1 saturated carbocycles. The summed E-state index contributed by atoms with van der Waals surface area (Å²) in [6.07, 6.45) is 4.76. The summed E-state index contributed by atoms with van der Waals surface area (Å²) in [6, 6.07) is 0.283. The molecule has 0 unspecified atom stereocenters. The van der Waals surface area contributed by atoms with Crippen LogP contribution >= 0.6 is 11.8 Å². The zero-order valence-electron chi connectivity index (χ0n) is 14.6. The van der Waals surface area contributed by atoms with E-state index in [0.29, 0.717) is 29.3 Å². The zero-order valence-corrected chi connectivity index (χ0v) is 15.4. The Morgan fingerprint density at radius 1 is 1.33 bits per heavy atom. The highest BCUT2D eigenvalue weighted by molar-refractivity contribution is 7.99. The van der Waals surface area contributed by atoms with Gasteiger partial charge in [-0.3, -0.25) is 9.59 Å². The summed E-state index contributed by atoms with van der Waals surface area (Å²) < 4.78 is 6.65. The van der Waals surface area contributed by atoms with Gasteiger partial charge in [-0.05, 0) is 25.7 Å². The quantitative estimate of drug-likeness (QED) is 0.592. The molecule has 0 aromatic carbocycles. The molecule has 0 radical (unpaired) electrons. The molecule has 1 amide bonds. The Hall–Kier alpha value is -1.57. The standard InChI is InChI=1S/C16H26N4O3S/c1-4-23-15(22)9-13-18-19-16(20(13)3)24-10-14(21)17-12-8-6-5-7-11(12)2/h11-12H,4-10H2,1-3H3,(H,17,21)/t11-,12-/m1/s1. The summed E-state index contributed by atoms with van der Waals surface area (Å²) >= 11 is 1.33. The van der Waals surface area contributed by atoms with Crippen molar-refractivity contribution in [2.24, 2.45) is 13.0 Å². The fraction of sp³-hybridized carbons (Fsp3) is 0.750. The molecule has 2 rings (SSSR count). The molecule has 1 aromatic rings. The third kappa shape index (κ3) is 5.22. The highest BCUT2D eigenvalue weighted by Crippen LogP contribution is 2.24. The minimum atomic E-state index is -0.325.